The van der Waals surface area contributed by atoms with Crippen molar-refractivity contribution in [2.45, 2.75) is 10.9 Å². The van der Waals surface area contributed by atoms with Crippen LogP contribution in [0.15, 0.2) is 78.3 Å². The summed E-state index contributed by atoms with van der Waals surface area (Å²) in [6.45, 7) is 0. The number of aromatic amines is 1. The smallest absolute Gasteiger partial charge is 0.255 e. The van der Waals surface area contributed by atoms with Crippen LogP contribution in [0, 0.1) is 3.57 Å². The molecule has 0 unspecified atom stereocenters. The van der Waals surface area contributed by atoms with Gasteiger partial charge in [-0.2, -0.15) is 0 Å². The first-order valence-corrected chi connectivity index (χ1v) is 11.9. The van der Waals surface area contributed by atoms with Crippen LogP contribution in [0.2, 0.25) is 0 Å². The number of halogens is 1. The van der Waals surface area contributed by atoms with Gasteiger partial charge in [0.1, 0.15) is 6.33 Å². The summed E-state index contributed by atoms with van der Waals surface area (Å²) in [6, 6.07) is 17.7. The van der Waals surface area contributed by atoms with Crippen LogP contribution in [0.25, 0.3) is 11.3 Å². The highest BCUT2D eigenvalue weighted by Crippen LogP contribution is 2.27. The van der Waals surface area contributed by atoms with Crippen LogP contribution in [0.4, 0.5) is 5.69 Å². The quantitative estimate of drug-likeness (QED) is 0.357. The monoisotopic (exact) mass is 545 g/mol. The first-order chi connectivity index (χ1) is 14.9. The third-order valence-electron chi connectivity index (χ3n) is 4.43. The Morgan fingerprint density at radius 1 is 1.06 bits per heavy atom. The first-order valence-electron chi connectivity index (χ1n) is 9.12. The maximum Gasteiger partial charge on any atom is 0.255 e. The van der Waals surface area contributed by atoms with Gasteiger partial charge in [0.15, 0.2) is 0 Å². The van der Waals surface area contributed by atoms with Crippen molar-refractivity contribution in [1.82, 2.24) is 20.2 Å². The van der Waals surface area contributed by atoms with Crippen LogP contribution in [0.5, 0.6) is 0 Å². The minimum atomic E-state index is -3.62. The van der Waals surface area contributed by atoms with Gasteiger partial charge >= 0.3 is 0 Å². The Labute approximate surface area is 192 Å². The molecule has 4 aromatic rings. The molecule has 0 fully saturated rings. The molecular formula is C21H16IN5O3S. The predicted octanol–water partition coefficient (Wildman–Crippen LogP) is 3.70. The maximum absolute atomic E-state index is 12.7. The Balaban J connectivity index is 1.48. The molecule has 156 valence electrons. The van der Waals surface area contributed by atoms with Crippen molar-refractivity contribution in [3.63, 3.8) is 0 Å². The topological polar surface area (TPSA) is 118 Å². The van der Waals surface area contributed by atoms with Crippen molar-refractivity contribution >= 4 is 44.0 Å². The number of amides is 1. The molecular weight excluding hydrogens is 529 g/mol. The van der Waals surface area contributed by atoms with Crippen LogP contribution < -0.4 is 5.32 Å². The van der Waals surface area contributed by atoms with Gasteiger partial charge in [-0.15, -0.1) is 10.2 Å². The second-order valence-corrected chi connectivity index (χ2v) is 9.68. The third kappa shape index (κ3) is 4.97. The van der Waals surface area contributed by atoms with Gasteiger partial charge < -0.3 is 10.3 Å². The molecule has 0 aliphatic carbocycles. The van der Waals surface area contributed by atoms with E-state index in [2.05, 4.69) is 48.1 Å². The number of anilines is 1. The van der Waals surface area contributed by atoms with E-state index in [1.165, 1.54) is 6.33 Å². The van der Waals surface area contributed by atoms with Crippen molar-refractivity contribution in [2.24, 2.45) is 0 Å². The molecule has 0 aliphatic rings. The lowest BCUT2D eigenvalue weighted by Crippen LogP contribution is -2.12. The van der Waals surface area contributed by atoms with E-state index in [1.807, 2.05) is 36.4 Å². The fraction of sp³-hybridized carbons (Fsp3) is 0.0476. The lowest BCUT2D eigenvalue weighted by Gasteiger charge is -2.10. The van der Waals surface area contributed by atoms with E-state index in [-0.39, 0.29) is 16.8 Å². The molecule has 1 amide bonds. The van der Waals surface area contributed by atoms with Crippen LogP contribution in [0.1, 0.15) is 15.9 Å². The molecule has 0 bridgehead atoms. The molecule has 0 saturated carbocycles. The zero-order valence-electron chi connectivity index (χ0n) is 16.0. The van der Waals surface area contributed by atoms with Crippen LogP contribution in [-0.2, 0) is 15.6 Å². The van der Waals surface area contributed by atoms with E-state index in [0.717, 1.165) is 14.8 Å². The number of H-pyrrole nitrogens is 1. The first kappa shape index (κ1) is 21.1. The van der Waals surface area contributed by atoms with Crippen molar-refractivity contribution in [3.8, 4) is 11.3 Å². The number of sulfone groups is 1. The molecule has 0 aliphatic heterocycles. The number of hydrogen-bond acceptors (Lipinski definition) is 6. The van der Waals surface area contributed by atoms with Gasteiger partial charge in [0, 0.05) is 26.6 Å². The van der Waals surface area contributed by atoms with E-state index in [9.17, 15) is 13.2 Å². The zero-order valence-corrected chi connectivity index (χ0v) is 19.0. The van der Waals surface area contributed by atoms with Crippen LogP contribution in [0.3, 0.4) is 0 Å². The molecule has 31 heavy (non-hydrogen) atoms. The SMILES string of the molecule is O=C(Nc1ccc(I)c(-c2ccccn2)c1)c1ccc(CS(=O)(=O)c2nnc[nH]2)cc1. The van der Waals surface area contributed by atoms with Gasteiger partial charge in [-0.3, -0.25) is 9.78 Å². The van der Waals surface area contributed by atoms with Crippen molar-refractivity contribution < 1.29 is 13.2 Å². The normalized spacial score (nSPS) is 11.3. The molecule has 2 aromatic heterocycles. The average molecular weight is 545 g/mol. The number of carbonyl (C=O) groups excluding carboxylic acids is 1. The molecule has 8 nitrogen and oxygen atoms in total. The lowest BCUT2D eigenvalue weighted by molar-refractivity contribution is 0.102. The largest absolute Gasteiger partial charge is 0.322 e. The Morgan fingerprint density at radius 3 is 2.55 bits per heavy atom. The average Bonchev–Trinajstić information content (AvgIpc) is 3.32. The molecule has 2 N–H and O–H groups in total. The Hall–Kier alpha value is -3.12. The summed E-state index contributed by atoms with van der Waals surface area (Å²) < 4.78 is 25.6. The van der Waals surface area contributed by atoms with Gasteiger partial charge in [0.05, 0.1) is 11.4 Å². The molecule has 4 rings (SSSR count). The molecule has 0 saturated heterocycles. The summed E-state index contributed by atoms with van der Waals surface area (Å²) in [6.07, 6.45) is 2.94. The van der Waals surface area contributed by atoms with Gasteiger partial charge in [-0.25, -0.2) is 8.42 Å². The number of aromatic nitrogens is 4. The van der Waals surface area contributed by atoms with Gasteiger partial charge in [0.25, 0.3) is 5.91 Å². The van der Waals surface area contributed by atoms with Crippen molar-refractivity contribution in [1.29, 1.82) is 0 Å². The molecule has 0 spiro atoms. The number of benzene rings is 2. The number of nitrogens with one attached hydrogen (secondary N) is 2. The Bertz CT molecular complexity index is 1310. The van der Waals surface area contributed by atoms with E-state index >= 15 is 0 Å². The molecule has 2 aromatic carbocycles. The summed E-state index contributed by atoms with van der Waals surface area (Å²) in [4.78, 5) is 19.5. The summed E-state index contributed by atoms with van der Waals surface area (Å²) in [7, 11) is -3.62. The second-order valence-electron chi connectivity index (χ2n) is 6.61. The van der Waals surface area contributed by atoms with E-state index in [1.54, 1.807) is 30.5 Å². The Kier molecular flexibility index (Phi) is 6.09. The van der Waals surface area contributed by atoms with E-state index in [4.69, 9.17) is 0 Å². The van der Waals surface area contributed by atoms with Crippen LogP contribution in [-0.4, -0.2) is 34.5 Å². The van der Waals surface area contributed by atoms with E-state index in [0.29, 0.717) is 16.8 Å². The zero-order chi connectivity index (χ0) is 21.8. The maximum atomic E-state index is 12.7. The predicted molar refractivity (Wildman–Crippen MR) is 124 cm³/mol. The summed E-state index contributed by atoms with van der Waals surface area (Å²) in [5.41, 5.74) is 3.34. The molecule has 2 heterocycles. The summed E-state index contributed by atoms with van der Waals surface area (Å²) in [5.74, 6) is -0.535. The summed E-state index contributed by atoms with van der Waals surface area (Å²) in [5, 5.41) is 9.74. The minimum absolute atomic E-state index is 0.184. The fourth-order valence-electron chi connectivity index (χ4n) is 2.91. The fourth-order valence-corrected chi connectivity index (χ4v) is 4.69. The highest BCUT2D eigenvalue weighted by molar-refractivity contribution is 14.1. The number of carbonyl (C=O) groups is 1. The molecule has 10 heteroatoms. The van der Waals surface area contributed by atoms with E-state index < -0.39 is 9.84 Å². The lowest BCUT2D eigenvalue weighted by atomic mass is 10.1. The standard InChI is InChI=1S/C21H16IN5O3S/c22-18-9-8-16(11-17(18)19-3-1-2-10-23-19)26-20(28)15-6-4-14(5-7-15)12-31(29,30)21-24-13-25-27-21/h1-11,13H,12H2,(H,26,28)(H,24,25,27). The van der Waals surface area contributed by atoms with Crippen molar-refractivity contribution in [3.05, 3.63) is 87.9 Å². The second kappa shape index (κ2) is 8.94. The van der Waals surface area contributed by atoms with Gasteiger partial charge in [0.2, 0.25) is 15.0 Å². The minimum Gasteiger partial charge on any atom is -0.322 e. The van der Waals surface area contributed by atoms with Gasteiger partial charge in [-0.1, -0.05) is 18.2 Å². The van der Waals surface area contributed by atoms with Crippen LogP contribution >= 0.6 is 22.6 Å². The third-order valence-corrected chi connectivity index (χ3v) is 6.87. The number of pyridine rings is 1. The van der Waals surface area contributed by atoms with Gasteiger partial charge in [-0.05, 0) is 70.6 Å². The molecule has 0 atom stereocenters. The summed E-state index contributed by atoms with van der Waals surface area (Å²) >= 11 is 2.23. The van der Waals surface area contributed by atoms with Crippen molar-refractivity contribution in [2.75, 3.05) is 5.32 Å². The highest BCUT2D eigenvalue weighted by atomic mass is 127. The number of hydrogen-bond donors (Lipinski definition) is 2. The molecule has 0 radical (unpaired) electrons. The Morgan fingerprint density at radius 2 is 1.87 bits per heavy atom. The highest BCUT2D eigenvalue weighted by Gasteiger charge is 2.19. The number of rotatable bonds is 6. The number of nitrogens with zero attached hydrogens (tertiary/aromatic N) is 3.